The van der Waals surface area contributed by atoms with Crippen molar-refractivity contribution >= 4 is 29.3 Å². The summed E-state index contributed by atoms with van der Waals surface area (Å²) in [5.74, 6) is 2.97. The van der Waals surface area contributed by atoms with Crippen LogP contribution in [0.25, 0.3) is 0 Å². The van der Waals surface area contributed by atoms with Crippen molar-refractivity contribution in [3.63, 3.8) is 0 Å². The molecule has 2 aromatic rings. The molecular weight excluding hydrogens is 394 g/mol. The smallest absolute Gasteiger partial charge is 0.232 e. The van der Waals surface area contributed by atoms with Gasteiger partial charge in [0.2, 0.25) is 5.91 Å². The highest BCUT2D eigenvalue weighted by Crippen LogP contribution is 2.34. The summed E-state index contributed by atoms with van der Waals surface area (Å²) in [6, 6.07) is 11.9. The molecule has 0 N–H and O–H groups in total. The van der Waals surface area contributed by atoms with Crippen molar-refractivity contribution in [3.05, 3.63) is 58.1 Å². The van der Waals surface area contributed by atoms with Gasteiger partial charge in [-0.25, -0.2) is 0 Å². The van der Waals surface area contributed by atoms with Crippen LogP contribution in [0.5, 0.6) is 11.5 Å². The van der Waals surface area contributed by atoms with E-state index in [2.05, 4.69) is 6.07 Å². The normalized spacial score (nSPS) is 13.2. The maximum absolute atomic E-state index is 12.7. The molecule has 150 valence electrons. The second-order valence-corrected chi connectivity index (χ2v) is 8.04. The number of rotatable bonds is 8. The molecule has 0 aromatic heterocycles. The van der Waals surface area contributed by atoms with Crippen LogP contribution in [0, 0.1) is 0 Å². The number of amides is 1. The summed E-state index contributed by atoms with van der Waals surface area (Å²) >= 11 is 7.64. The Morgan fingerprint density at radius 1 is 1.11 bits per heavy atom. The quantitative estimate of drug-likeness (QED) is 0.606. The lowest BCUT2D eigenvalue weighted by Crippen LogP contribution is -2.37. The van der Waals surface area contributed by atoms with Gasteiger partial charge in [0.05, 0.1) is 19.0 Å². The number of nitrogens with zero attached hydrogens (tertiary/aromatic N) is 1. The topological polar surface area (TPSA) is 38.8 Å². The second-order valence-electron chi connectivity index (χ2n) is 6.62. The largest absolute Gasteiger partial charge is 0.490 e. The number of hydrogen-bond acceptors (Lipinski definition) is 4. The standard InChI is InChI=1S/C22H26ClNO3S/c1-3-26-20-11-17-8-9-24(13-18(17)12-21(20)27-4-2)22(25)15-28-14-16-6-5-7-19(23)10-16/h5-7,10-12H,3-4,8-9,13-15H2,1-2H3. The molecule has 4 nitrogen and oxygen atoms in total. The molecule has 28 heavy (non-hydrogen) atoms. The molecule has 0 fully saturated rings. The number of fused-ring (bicyclic) bond motifs is 1. The second kappa shape index (κ2) is 10.1. The van der Waals surface area contributed by atoms with E-state index in [-0.39, 0.29) is 5.91 Å². The van der Waals surface area contributed by atoms with Crippen LogP contribution in [0.4, 0.5) is 0 Å². The number of benzene rings is 2. The maximum atomic E-state index is 12.7. The first-order valence-electron chi connectivity index (χ1n) is 9.62. The van der Waals surface area contributed by atoms with Crippen LogP contribution < -0.4 is 9.47 Å². The number of thioether (sulfide) groups is 1. The summed E-state index contributed by atoms with van der Waals surface area (Å²) < 4.78 is 11.4. The van der Waals surface area contributed by atoms with E-state index in [1.165, 1.54) is 5.56 Å². The Bertz CT molecular complexity index is 827. The van der Waals surface area contributed by atoms with E-state index in [1.54, 1.807) is 11.8 Å². The first-order chi connectivity index (χ1) is 13.6. The number of carbonyl (C=O) groups is 1. The summed E-state index contributed by atoms with van der Waals surface area (Å²) in [6.07, 6.45) is 0.840. The van der Waals surface area contributed by atoms with Gasteiger partial charge >= 0.3 is 0 Å². The highest BCUT2D eigenvalue weighted by molar-refractivity contribution is 7.99. The van der Waals surface area contributed by atoms with Crippen LogP contribution in [-0.4, -0.2) is 36.3 Å². The van der Waals surface area contributed by atoms with E-state index >= 15 is 0 Å². The molecule has 0 spiro atoms. The fraction of sp³-hybridized carbons (Fsp3) is 0.409. The number of carbonyl (C=O) groups excluding carboxylic acids is 1. The van der Waals surface area contributed by atoms with Gasteiger partial charge in [-0.1, -0.05) is 23.7 Å². The summed E-state index contributed by atoms with van der Waals surface area (Å²) in [6.45, 7) is 6.48. The molecule has 0 unspecified atom stereocenters. The zero-order valence-corrected chi connectivity index (χ0v) is 17.9. The third-order valence-corrected chi connectivity index (χ3v) is 5.84. The monoisotopic (exact) mass is 419 g/mol. The van der Waals surface area contributed by atoms with Gasteiger partial charge in [-0.2, -0.15) is 0 Å². The minimum Gasteiger partial charge on any atom is -0.490 e. The highest BCUT2D eigenvalue weighted by Gasteiger charge is 2.23. The molecule has 0 saturated heterocycles. The Labute approximate surface area is 176 Å². The highest BCUT2D eigenvalue weighted by atomic mass is 35.5. The Kier molecular flexibility index (Phi) is 7.51. The van der Waals surface area contributed by atoms with Gasteiger partial charge in [-0.3, -0.25) is 4.79 Å². The molecule has 0 saturated carbocycles. The number of halogens is 1. The van der Waals surface area contributed by atoms with Crippen molar-refractivity contribution in [2.75, 3.05) is 25.5 Å². The molecule has 1 heterocycles. The molecule has 0 aliphatic carbocycles. The minimum atomic E-state index is 0.171. The van der Waals surface area contributed by atoms with Crippen LogP contribution in [0.2, 0.25) is 5.02 Å². The molecule has 1 amide bonds. The zero-order valence-electron chi connectivity index (χ0n) is 16.4. The molecule has 6 heteroatoms. The average Bonchev–Trinajstić information content (AvgIpc) is 2.68. The third kappa shape index (κ3) is 5.36. The van der Waals surface area contributed by atoms with E-state index in [9.17, 15) is 4.79 Å². The van der Waals surface area contributed by atoms with E-state index in [1.807, 2.05) is 49.1 Å². The average molecular weight is 420 g/mol. The van der Waals surface area contributed by atoms with Gasteiger partial charge in [0.25, 0.3) is 0 Å². The maximum Gasteiger partial charge on any atom is 0.232 e. The zero-order chi connectivity index (χ0) is 19.9. The summed E-state index contributed by atoms with van der Waals surface area (Å²) in [5, 5.41) is 0.730. The molecule has 0 atom stereocenters. The molecule has 1 aliphatic rings. The van der Waals surface area contributed by atoms with Gasteiger partial charge in [-0.05, 0) is 61.2 Å². The lowest BCUT2D eigenvalue weighted by molar-refractivity contribution is -0.129. The molecule has 0 bridgehead atoms. The predicted octanol–water partition coefficient (Wildman–Crippen LogP) is 4.96. The van der Waals surface area contributed by atoms with E-state index < -0.39 is 0 Å². The van der Waals surface area contributed by atoms with E-state index in [4.69, 9.17) is 21.1 Å². The van der Waals surface area contributed by atoms with Gasteiger partial charge in [-0.15, -0.1) is 11.8 Å². The number of ether oxygens (including phenoxy) is 2. The van der Waals surface area contributed by atoms with Crippen molar-refractivity contribution in [2.45, 2.75) is 32.6 Å². The lowest BCUT2D eigenvalue weighted by atomic mass is 9.99. The Balaban J connectivity index is 1.60. The minimum absolute atomic E-state index is 0.171. The van der Waals surface area contributed by atoms with Crippen molar-refractivity contribution in [1.29, 1.82) is 0 Å². The van der Waals surface area contributed by atoms with Crippen LogP contribution in [0.1, 0.15) is 30.5 Å². The third-order valence-electron chi connectivity index (χ3n) is 4.61. The SMILES string of the molecule is CCOc1cc2c(cc1OCC)CN(C(=O)CSCc1cccc(Cl)c1)CC2. The fourth-order valence-electron chi connectivity index (χ4n) is 3.29. The van der Waals surface area contributed by atoms with Gasteiger partial charge in [0.15, 0.2) is 11.5 Å². The molecule has 3 rings (SSSR count). The van der Waals surface area contributed by atoms with Crippen LogP contribution in [0.15, 0.2) is 36.4 Å². The van der Waals surface area contributed by atoms with E-state index in [0.717, 1.165) is 46.4 Å². The summed E-state index contributed by atoms with van der Waals surface area (Å²) in [4.78, 5) is 14.6. The van der Waals surface area contributed by atoms with Crippen LogP contribution >= 0.6 is 23.4 Å². The van der Waals surface area contributed by atoms with Crippen molar-refractivity contribution in [3.8, 4) is 11.5 Å². The van der Waals surface area contributed by atoms with Gasteiger partial charge in [0, 0.05) is 23.9 Å². The summed E-state index contributed by atoms with van der Waals surface area (Å²) in [5.41, 5.74) is 3.52. The predicted molar refractivity (Wildman–Crippen MR) is 116 cm³/mol. The van der Waals surface area contributed by atoms with Crippen LogP contribution in [-0.2, 0) is 23.5 Å². The Hall–Kier alpha value is -1.85. The molecule has 0 radical (unpaired) electrons. The molecular formula is C22H26ClNO3S. The first-order valence-corrected chi connectivity index (χ1v) is 11.1. The summed E-state index contributed by atoms with van der Waals surface area (Å²) in [7, 11) is 0. The van der Waals surface area contributed by atoms with Crippen LogP contribution in [0.3, 0.4) is 0 Å². The lowest BCUT2D eigenvalue weighted by Gasteiger charge is -2.30. The Morgan fingerprint density at radius 2 is 1.82 bits per heavy atom. The van der Waals surface area contributed by atoms with Crippen molar-refractivity contribution in [2.24, 2.45) is 0 Å². The fourth-order valence-corrected chi connectivity index (χ4v) is 4.38. The molecule has 1 aliphatic heterocycles. The van der Waals surface area contributed by atoms with Crippen molar-refractivity contribution < 1.29 is 14.3 Å². The first kappa shape index (κ1) is 20.9. The van der Waals surface area contributed by atoms with Gasteiger partial charge in [0.1, 0.15) is 0 Å². The number of hydrogen-bond donors (Lipinski definition) is 0. The van der Waals surface area contributed by atoms with E-state index in [0.29, 0.717) is 25.5 Å². The van der Waals surface area contributed by atoms with Crippen molar-refractivity contribution in [1.82, 2.24) is 4.90 Å². The van der Waals surface area contributed by atoms with Gasteiger partial charge < -0.3 is 14.4 Å². The Morgan fingerprint density at radius 3 is 2.50 bits per heavy atom. The molecule has 2 aromatic carbocycles.